The summed E-state index contributed by atoms with van der Waals surface area (Å²) in [6.07, 6.45) is 4.77. The molecule has 1 heterocycles. The van der Waals surface area contributed by atoms with Crippen LogP contribution in [0.2, 0.25) is 0 Å². The van der Waals surface area contributed by atoms with Crippen molar-refractivity contribution in [1.29, 1.82) is 0 Å². The minimum absolute atomic E-state index is 0.733. The summed E-state index contributed by atoms with van der Waals surface area (Å²) in [5, 5.41) is 2.03. The summed E-state index contributed by atoms with van der Waals surface area (Å²) >= 11 is 1.64. The molecule has 0 unspecified atom stereocenters. The SMILES string of the molecule is CCCc1nc(-c2ccccc2C2CC2)c(N)s1. The van der Waals surface area contributed by atoms with Gasteiger partial charge < -0.3 is 5.73 Å². The molecule has 3 heteroatoms. The second-order valence-corrected chi connectivity index (χ2v) is 6.05. The van der Waals surface area contributed by atoms with Crippen molar-refractivity contribution in [3.05, 3.63) is 34.8 Å². The van der Waals surface area contributed by atoms with Gasteiger partial charge in [0.15, 0.2) is 0 Å². The molecular weight excluding hydrogens is 240 g/mol. The third-order valence-electron chi connectivity index (χ3n) is 3.39. The molecule has 94 valence electrons. The average molecular weight is 258 g/mol. The fraction of sp³-hybridized carbons (Fsp3) is 0.400. The smallest absolute Gasteiger partial charge is 0.114 e. The monoisotopic (exact) mass is 258 g/mol. The molecule has 0 bridgehead atoms. The van der Waals surface area contributed by atoms with E-state index in [1.165, 1.54) is 24.0 Å². The van der Waals surface area contributed by atoms with E-state index in [9.17, 15) is 0 Å². The van der Waals surface area contributed by atoms with Crippen LogP contribution in [0.3, 0.4) is 0 Å². The summed E-state index contributed by atoms with van der Waals surface area (Å²) in [7, 11) is 0. The van der Waals surface area contributed by atoms with Gasteiger partial charge in [0.05, 0.1) is 5.01 Å². The van der Waals surface area contributed by atoms with E-state index in [0.717, 1.165) is 34.5 Å². The summed E-state index contributed by atoms with van der Waals surface area (Å²) in [5.41, 5.74) is 9.83. The maximum Gasteiger partial charge on any atom is 0.114 e. The maximum atomic E-state index is 6.15. The number of thiazole rings is 1. The molecular formula is C15H18N2S. The first-order valence-electron chi connectivity index (χ1n) is 6.64. The summed E-state index contributed by atoms with van der Waals surface area (Å²) in [6, 6.07) is 8.59. The molecule has 1 aromatic heterocycles. The van der Waals surface area contributed by atoms with Crippen LogP contribution in [0.4, 0.5) is 5.00 Å². The van der Waals surface area contributed by atoms with Crippen molar-refractivity contribution in [3.8, 4) is 11.3 Å². The number of nitrogens with two attached hydrogens (primary N) is 1. The van der Waals surface area contributed by atoms with Crippen LogP contribution in [0.5, 0.6) is 0 Å². The Balaban J connectivity index is 2.03. The van der Waals surface area contributed by atoms with Gasteiger partial charge in [-0.2, -0.15) is 0 Å². The molecule has 1 aliphatic rings. The quantitative estimate of drug-likeness (QED) is 0.891. The van der Waals surface area contributed by atoms with E-state index >= 15 is 0 Å². The van der Waals surface area contributed by atoms with E-state index in [0.29, 0.717) is 0 Å². The molecule has 0 atom stereocenters. The van der Waals surface area contributed by atoms with Gasteiger partial charge in [-0.1, -0.05) is 31.2 Å². The standard InChI is InChI=1S/C15H18N2S/c1-2-5-13-17-14(15(16)18-13)12-7-4-3-6-11(12)10-8-9-10/h3-4,6-7,10H,2,5,8-9,16H2,1H3. The molecule has 1 aromatic carbocycles. The first-order valence-corrected chi connectivity index (χ1v) is 7.45. The molecule has 0 spiro atoms. The summed E-state index contributed by atoms with van der Waals surface area (Å²) < 4.78 is 0. The second kappa shape index (κ2) is 4.73. The van der Waals surface area contributed by atoms with Crippen molar-refractivity contribution in [2.75, 3.05) is 5.73 Å². The molecule has 18 heavy (non-hydrogen) atoms. The van der Waals surface area contributed by atoms with Crippen LogP contribution in [0.1, 0.15) is 42.7 Å². The van der Waals surface area contributed by atoms with Crippen molar-refractivity contribution in [3.63, 3.8) is 0 Å². The number of hydrogen-bond acceptors (Lipinski definition) is 3. The number of nitrogens with zero attached hydrogens (tertiary/aromatic N) is 1. The fourth-order valence-corrected chi connectivity index (χ4v) is 3.30. The van der Waals surface area contributed by atoms with E-state index < -0.39 is 0 Å². The fourth-order valence-electron chi connectivity index (χ4n) is 2.35. The van der Waals surface area contributed by atoms with Crippen molar-refractivity contribution in [1.82, 2.24) is 4.98 Å². The molecule has 1 fully saturated rings. The molecule has 3 rings (SSSR count). The van der Waals surface area contributed by atoms with Crippen LogP contribution in [0.15, 0.2) is 24.3 Å². The van der Waals surface area contributed by atoms with E-state index in [4.69, 9.17) is 10.7 Å². The zero-order valence-electron chi connectivity index (χ0n) is 10.6. The van der Waals surface area contributed by atoms with Crippen LogP contribution in [-0.4, -0.2) is 4.98 Å². The second-order valence-electron chi connectivity index (χ2n) is 4.93. The Morgan fingerprint density at radius 2 is 2.11 bits per heavy atom. The first kappa shape index (κ1) is 11.7. The van der Waals surface area contributed by atoms with Crippen LogP contribution in [-0.2, 0) is 6.42 Å². The summed E-state index contributed by atoms with van der Waals surface area (Å²) in [4.78, 5) is 4.73. The number of benzene rings is 1. The zero-order chi connectivity index (χ0) is 12.5. The molecule has 2 aromatic rings. The van der Waals surface area contributed by atoms with Gasteiger partial charge in [-0.05, 0) is 37.2 Å². The van der Waals surface area contributed by atoms with E-state index in [1.54, 1.807) is 11.3 Å². The highest BCUT2D eigenvalue weighted by molar-refractivity contribution is 7.16. The Hall–Kier alpha value is -1.35. The van der Waals surface area contributed by atoms with E-state index in [1.807, 2.05) is 0 Å². The third kappa shape index (κ3) is 2.15. The lowest BCUT2D eigenvalue weighted by Gasteiger charge is -2.06. The van der Waals surface area contributed by atoms with Crippen LogP contribution < -0.4 is 5.73 Å². The van der Waals surface area contributed by atoms with Gasteiger partial charge in [-0.25, -0.2) is 4.98 Å². The first-order chi connectivity index (χ1) is 8.79. The van der Waals surface area contributed by atoms with Crippen LogP contribution in [0.25, 0.3) is 11.3 Å². The van der Waals surface area contributed by atoms with Gasteiger partial charge in [-0.3, -0.25) is 0 Å². The van der Waals surface area contributed by atoms with E-state index in [-0.39, 0.29) is 0 Å². The lowest BCUT2D eigenvalue weighted by atomic mass is 10.0. The molecule has 1 saturated carbocycles. The average Bonchev–Trinajstić information content (AvgIpc) is 3.15. The third-order valence-corrected chi connectivity index (χ3v) is 4.34. The Kier molecular flexibility index (Phi) is 3.08. The lowest BCUT2D eigenvalue weighted by Crippen LogP contribution is -1.91. The normalized spacial score (nSPS) is 14.9. The Labute approximate surface area is 112 Å². The van der Waals surface area contributed by atoms with Gasteiger partial charge in [-0.15, -0.1) is 11.3 Å². The lowest BCUT2D eigenvalue weighted by molar-refractivity contribution is 0.909. The zero-order valence-corrected chi connectivity index (χ0v) is 11.5. The van der Waals surface area contributed by atoms with Crippen molar-refractivity contribution in [2.24, 2.45) is 0 Å². The number of aromatic nitrogens is 1. The van der Waals surface area contributed by atoms with Crippen LogP contribution >= 0.6 is 11.3 Å². The van der Waals surface area contributed by atoms with E-state index in [2.05, 4.69) is 31.2 Å². The molecule has 2 nitrogen and oxygen atoms in total. The topological polar surface area (TPSA) is 38.9 Å². The highest BCUT2D eigenvalue weighted by Crippen LogP contribution is 2.45. The molecule has 0 radical (unpaired) electrons. The molecule has 1 aliphatic carbocycles. The Bertz CT molecular complexity index is 555. The number of rotatable bonds is 4. The molecule has 0 saturated heterocycles. The van der Waals surface area contributed by atoms with Gasteiger partial charge in [0.2, 0.25) is 0 Å². The van der Waals surface area contributed by atoms with Gasteiger partial charge in [0.25, 0.3) is 0 Å². The largest absolute Gasteiger partial charge is 0.389 e. The number of aryl methyl sites for hydroxylation is 1. The molecule has 0 aliphatic heterocycles. The van der Waals surface area contributed by atoms with Crippen molar-refractivity contribution < 1.29 is 0 Å². The van der Waals surface area contributed by atoms with Crippen LogP contribution in [0, 0.1) is 0 Å². The Morgan fingerprint density at radius 3 is 2.83 bits per heavy atom. The molecule has 0 amide bonds. The molecule has 2 N–H and O–H groups in total. The number of hydrogen-bond donors (Lipinski definition) is 1. The minimum atomic E-state index is 0.733. The highest BCUT2D eigenvalue weighted by atomic mass is 32.1. The predicted molar refractivity (Wildman–Crippen MR) is 77.9 cm³/mol. The van der Waals surface area contributed by atoms with Crippen molar-refractivity contribution >= 4 is 16.3 Å². The number of nitrogen functional groups attached to an aromatic ring is 1. The number of anilines is 1. The van der Waals surface area contributed by atoms with Gasteiger partial charge >= 0.3 is 0 Å². The van der Waals surface area contributed by atoms with Crippen molar-refractivity contribution in [2.45, 2.75) is 38.5 Å². The van der Waals surface area contributed by atoms with Gasteiger partial charge in [0, 0.05) is 5.56 Å². The summed E-state index contributed by atoms with van der Waals surface area (Å²) in [6.45, 7) is 2.18. The minimum Gasteiger partial charge on any atom is -0.389 e. The predicted octanol–water partition coefficient (Wildman–Crippen LogP) is 4.22. The van der Waals surface area contributed by atoms with Gasteiger partial charge in [0.1, 0.15) is 10.7 Å². The Morgan fingerprint density at radius 1 is 1.33 bits per heavy atom. The summed E-state index contributed by atoms with van der Waals surface area (Å²) in [5.74, 6) is 0.733. The maximum absolute atomic E-state index is 6.15. The highest BCUT2D eigenvalue weighted by Gasteiger charge is 2.27.